The molecule has 1 aliphatic carbocycles. The van der Waals surface area contributed by atoms with Crippen LogP contribution in [0.25, 0.3) is 0 Å². The summed E-state index contributed by atoms with van der Waals surface area (Å²) in [7, 11) is -2.54. The van der Waals surface area contributed by atoms with Gasteiger partial charge in [-0.15, -0.1) is 0 Å². The third-order valence-corrected chi connectivity index (χ3v) is 10.7. The van der Waals surface area contributed by atoms with Gasteiger partial charge in [0, 0.05) is 6.61 Å². The Morgan fingerprint density at radius 2 is 1.43 bits per heavy atom. The number of rotatable bonds is 7. The van der Waals surface area contributed by atoms with E-state index >= 15 is 0 Å². The smallest absolute Gasteiger partial charge is 0.261 e. The number of carbonyl (C=O) groups is 1. The largest absolute Gasteiger partial charge is 0.407 e. The van der Waals surface area contributed by atoms with Crippen molar-refractivity contribution in [2.24, 2.45) is 5.41 Å². The predicted octanol–water partition coefficient (Wildman–Crippen LogP) is 4.65. The van der Waals surface area contributed by atoms with Gasteiger partial charge in [0.05, 0.1) is 5.41 Å². The van der Waals surface area contributed by atoms with Crippen molar-refractivity contribution in [2.45, 2.75) is 38.7 Å². The Kier molecular flexibility index (Phi) is 6.16. The van der Waals surface area contributed by atoms with E-state index in [1.54, 1.807) is 0 Å². The van der Waals surface area contributed by atoms with Crippen LogP contribution in [0.2, 0.25) is 5.04 Å². The topological polar surface area (TPSA) is 26.3 Å². The van der Waals surface area contributed by atoms with Gasteiger partial charge in [-0.1, -0.05) is 106 Å². The summed E-state index contributed by atoms with van der Waals surface area (Å²) in [6.07, 6.45) is 10.8. The van der Waals surface area contributed by atoms with E-state index in [0.29, 0.717) is 13.0 Å². The highest BCUT2D eigenvalue weighted by Crippen LogP contribution is 2.37. The van der Waals surface area contributed by atoms with Crippen molar-refractivity contribution in [3.05, 3.63) is 85.0 Å². The molecule has 0 aliphatic heterocycles. The van der Waals surface area contributed by atoms with Crippen LogP contribution in [-0.2, 0) is 9.22 Å². The van der Waals surface area contributed by atoms with Crippen LogP contribution in [0, 0.1) is 5.41 Å². The minimum absolute atomic E-state index is 0.0533. The molecule has 0 saturated carbocycles. The fourth-order valence-electron chi connectivity index (χ4n) is 4.16. The van der Waals surface area contributed by atoms with Gasteiger partial charge in [-0.25, -0.2) is 0 Å². The summed E-state index contributed by atoms with van der Waals surface area (Å²) in [5.41, 5.74) is -0.538. The van der Waals surface area contributed by atoms with Gasteiger partial charge in [-0.3, -0.25) is 0 Å². The van der Waals surface area contributed by atoms with E-state index in [9.17, 15) is 4.79 Å². The van der Waals surface area contributed by atoms with Crippen molar-refractivity contribution in [3.63, 3.8) is 0 Å². The summed E-state index contributed by atoms with van der Waals surface area (Å²) in [4.78, 5) is 11.8. The average molecular weight is 391 g/mol. The summed E-state index contributed by atoms with van der Waals surface area (Å²) >= 11 is 0. The molecule has 28 heavy (non-hydrogen) atoms. The van der Waals surface area contributed by atoms with Crippen LogP contribution in [0.3, 0.4) is 0 Å². The summed E-state index contributed by atoms with van der Waals surface area (Å²) in [5, 5.41) is 2.48. The standard InChI is InChI=1S/C25H30O2Si/c1-24(2,3)28(22-13-7-4-8-14-22,23-15-9-5-10-16-23)27-20-19-25(21-26)17-11-6-12-18-25/h4-5,7-18,21H,6,19-20H2,1-3H3. The van der Waals surface area contributed by atoms with Gasteiger partial charge in [-0.05, 0) is 28.3 Å². The maximum Gasteiger partial charge on any atom is 0.261 e. The first-order valence-electron chi connectivity index (χ1n) is 10.0. The number of carbonyl (C=O) groups excluding carboxylic acids is 1. The molecule has 0 aromatic heterocycles. The lowest BCUT2D eigenvalue weighted by Gasteiger charge is -2.43. The zero-order chi connectivity index (χ0) is 20.1. The lowest BCUT2D eigenvalue weighted by atomic mass is 9.83. The Bertz CT molecular complexity index is 780. The second-order valence-electron chi connectivity index (χ2n) is 8.53. The molecule has 3 heteroatoms. The molecule has 2 aromatic carbocycles. The molecule has 0 heterocycles. The molecule has 0 spiro atoms. The Morgan fingerprint density at radius 1 is 0.929 bits per heavy atom. The van der Waals surface area contributed by atoms with Crippen molar-refractivity contribution in [3.8, 4) is 0 Å². The normalized spacial score (nSPS) is 16.1. The summed E-state index contributed by atoms with van der Waals surface area (Å²) in [6.45, 7) is 7.36. The number of hydrogen-bond acceptors (Lipinski definition) is 2. The molecule has 3 rings (SSSR count). The highest BCUT2D eigenvalue weighted by molar-refractivity contribution is 6.99. The van der Waals surface area contributed by atoms with Gasteiger partial charge in [0.1, 0.15) is 6.29 Å². The first-order chi connectivity index (χ1) is 13.4. The predicted molar refractivity (Wildman–Crippen MR) is 120 cm³/mol. The first kappa shape index (κ1) is 20.5. The van der Waals surface area contributed by atoms with E-state index in [1.807, 2.05) is 12.2 Å². The van der Waals surface area contributed by atoms with Crippen molar-refractivity contribution in [1.29, 1.82) is 0 Å². The zero-order valence-corrected chi connectivity index (χ0v) is 18.1. The van der Waals surface area contributed by atoms with Crippen molar-refractivity contribution < 1.29 is 9.22 Å². The maximum atomic E-state index is 11.8. The van der Waals surface area contributed by atoms with E-state index < -0.39 is 13.7 Å². The van der Waals surface area contributed by atoms with Crippen LogP contribution < -0.4 is 10.4 Å². The molecule has 0 bridgehead atoms. The highest BCUT2D eigenvalue weighted by Gasteiger charge is 2.50. The number of hydrogen-bond donors (Lipinski definition) is 0. The van der Waals surface area contributed by atoms with Crippen molar-refractivity contribution >= 4 is 25.0 Å². The molecular weight excluding hydrogens is 360 g/mol. The van der Waals surface area contributed by atoms with E-state index in [-0.39, 0.29) is 5.04 Å². The molecule has 0 unspecified atom stereocenters. The second-order valence-corrected chi connectivity index (χ2v) is 12.8. The quantitative estimate of drug-likeness (QED) is 0.391. The van der Waals surface area contributed by atoms with Crippen LogP contribution in [0.1, 0.15) is 33.6 Å². The molecule has 0 amide bonds. The lowest BCUT2D eigenvalue weighted by Crippen LogP contribution is -2.66. The third kappa shape index (κ3) is 3.96. The molecule has 0 N–H and O–H groups in total. The van der Waals surface area contributed by atoms with Crippen LogP contribution in [0.4, 0.5) is 0 Å². The molecule has 0 saturated heterocycles. The van der Waals surface area contributed by atoms with Gasteiger partial charge in [0.2, 0.25) is 0 Å². The Morgan fingerprint density at radius 3 is 1.86 bits per heavy atom. The lowest BCUT2D eigenvalue weighted by molar-refractivity contribution is -0.112. The molecular formula is C25H30O2Si. The minimum atomic E-state index is -2.54. The van der Waals surface area contributed by atoms with Crippen LogP contribution in [-0.4, -0.2) is 21.2 Å². The summed E-state index contributed by atoms with van der Waals surface area (Å²) < 4.78 is 6.91. The molecule has 0 atom stereocenters. The molecule has 146 valence electrons. The van der Waals surface area contributed by atoms with E-state index in [1.165, 1.54) is 10.4 Å². The summed E-state index contributed by atoms with van der Waals surface area (Å²) in [6, 6.07) is 21.2. The van der Waals surface area contributed by atoms with Gasteiger partial charge in [-0.2, -0.15) is 0 Å². The van der Waals surface area contributed by atoms with Gasteiger partial charge >= 0.3 is 0 Å². The fraction of sp³-hybridized carbons (Fsp3) is 0.320. The Balaban J connectivity index is 1.99. The first-order valence-corrected chi connectivity index (χ1v) is 11.9. The van der Waals surface area contributed by atoms with Crippen LogP contribution >= 0.6 is 0 Å². The fourth-order valence-corrected chi connectivity index (χ4v) is 8.72. The molecule has 0 fully saturated rings. The maximum absolute atomic E-state index is 11.8. The number of allylic oxidation sites excluding steroid dienone is 4. The second kappa shape index (κ2) is 8.42. The number of benzene rings is 2. The SMILES string of the molecule is CC(C)(C)[Si](OCCC1(C=O)C=CCC=C1)(c1ccccc1)c1ccccc1. The molecule has 0 radical (unpaired) electrons. The third-order valence-electron chi connectivity index (χ3n) is 5.62. The summed E-state index contributed by atoms with van der Waals surface area (Å²) in [5.74, 6) is 0. The molecule has 2 nitrogen and oxygen atoms in total. The molecule has 1 aliphatic rings. The number of aldehydes is 1. The zero-order valence-electron chi connectivity index (χ0n) is 17.1. The average Bonchev–Trinajstić information content (AvgIpc) is 2.72. The van der Waals surface area contributed by atoms with E-state index in [2.05, 4.69) is 93.6 Å². The Labute approximate surface area is 170 Å². The van der Waals surface area contributed by atoms with Crippen LogP contribution in [0.5, 0.6) is 0 Å². The van der Waals surface area contributed by atoms with Gasteiger partial charge in [0.15, 0.2) is 0 Å². The van der Waals surface area contributed by atoms with Crippen molar-refractivity contribution in [1.82, 2.24) is 0 Å². The van der Waals surface area contributed by atoms with E-state index in [0.717, 1.165) is 12.7 Å². The highest BCUT2D eigenvalue weighted by atomic mass is 28.4. The van der Waals surface area contributed by atoms with Crippen molar-refractivity contribution in [2.75, 3.05) is 6.61 Å². The van der Waals surface area contributed by atoms with E-state index in [4.69, 9.17) is 4.43 Å². The minimum Gasteiger partial charge on any atom is -0.407 e. The van der Waals surface area contributed by atoms with Crippen LogP contribution in [0.15, 0.2) is 85.0 Å². The van der Waals surface area contributed by atoms with Gasteiger partial charge in [0.25, 0.3) is 8.32 Å². The monoisotopic (exact) mass is 390 g/mol. The van der Waals surface area contributed by atoms with Gasteiger partial charge < -0.3 is 9.22 Å². The Hall–Kier alpha value is -2.23. The molecule has 2 aromatic rings.